The van der Waals surface area contributed by atoms with Crippen LogP contribution in [0.25, 0.3) is 10.2 Å². The summed E-state index contributed by atoms with van der Waals surface area (Å²) in [6.07, 6.45) is 0.550. The quantitative estimate of drug-likeness (QED) is 0.408. The second kappa shape index (κ2) is 8.40. The minimum absolute atomic E-state index is 0.118. The number of anilines is 2. The number of carbonyl (C=O) groups excluding carboxylic acids is 1. The lowest BCUT2D eigenvalue weighted by Crippen LogP contribution is -2.25. The van der Waals surface area contributed by atoms with Crippen molar-refractivity contribution >= 4 is 50.2 Å². The van der Waals surface area contributed by atoms with E-state index in [4.69, 9.17) is 10.5 Å². The van der Waals surface area contributed by atoms with Crippen LogP contribution in [0, 0.1) is 0 Å². The Morgan fingerprint density at radius 1 is 1.37 bits per heavy atom. The minimum Gasteiger partial charge on any atom is -0.494 e. The average Bonchev–Trinajstić information content (AvgIpc) is 3.00. The minimum atomic E-state index is -0.444. The molecule has 0 saturated carbocycles. The highest BCUT2D eigenvalue weighted by molar-refractivity contribution is 8.00. The van der Waals surface area contributed by atoms with Gasteiger partial charge < -0.3 is 20.8 Å². The van der Waals surface area contributed by atoms with E-state index < -0.39 is 5.25 Å². The van der Waals surface area contributed by atoms with Gasteiger partial charge in [-0.1, -0.05) is 30.0 Å². The lowest BCUT2D eigenvalue weighted by Gasteiger charge is -2.12. The van der Waals surface area contributed by atoms with Gasteiger partial charge in [-0.15, -0.1) is 0 Å². The molecule has 0 unspecified atom stereocenters. The number of aromatic amines is 1. The lowest BCUT2D eigenvalue weighted by molar-refractivity contribution is -0.115. The number of ether oxygens (including phenoxy) is 1. The number of H-pyrrole nitrogens is 1. The molecule has 0 bridgehead atoms. The van der Waals surface area contributed by atoms with Crippen LogP contribution in [-0.2, 0) is 4.79 Å². The van der Waals surface area contributed by atoms with E-state index in [-0.39, 0.29) is 17.3 Å². The molecule has 1 amide bonds. The number of nitrogens with zero attached hydrogens (tertiary/aromatic N) is 2. The van der Waals surface area contributed by atoms with Crippen LogP contribution in [0.4, 0.5) is 10.9 Å². The Morgan fingerprint density at radius 2 is 2.19 bits per heavy atom. The Labute approximate surface area is 163 Å². The number of fused-ring (bicyclic) bond motifs is 1. The standard InChI is InChI=1S/C17H19N5O3S2/c1-3-11(26-17-20-13(18)8-14(23)21-17)15(24)22-16-19-10-6-5-9(25-4-2)7-12(10)27-16/h5-8,11H,3-4H2,1-2H3,(H,19,22,24)(H3,18,20,21,23)/t11-/m1/s1. The Kier molecular flexibility index (Phi) is 5.97. The van der Waals surface area contributed by atoms with Gasteiger partial charge in [0.25, 0.3) is 5.56 Å². The van der Waals surface area contributed by atoms with Crippen LogP contribution in [0.3, 0.4) is 0 Å². The first-order valence-electron chi connectivity index (χ1n) is 8.36. The molecular formula is C17H19N5O3S2. The van der Waals surface area contributed by atoms with Crippen LogP contribution >= 0.6 is 23.1 Å². The van der Waals surface area contributed by atoms with E-state index in [9.17, 15) is 9.59 Å². The van der Waals surface area contributed by atoms with E-state index in [1.807, 2.05) is 32.0 Å². The molecule has 2 aromatic heterocycles. The van der Waals surface area contributed by atoms with Gasteiger partial charge in [0.05, 0.1) is 22.1 Å². The predicted molar refractivity (Wildman–Crippen MR) is 109 cm³/mol. The molecule has 10 heteroatoms. The molecule has 0 saturated heterocycles. The van der Waals surface area contributed by atoms with Crippen molar-refractivity contribution in [2.75, 3.05) is 17.7 Å². The summed E-state index contributed by atoms with van der Waals surface area (Å²) in [7, 11) is 0. The highest BCUT2D eigenvalue weighted by atomic mass is 32.2. The zero-order valence-electron chi connectivity index (χ0n) is 14.8. The molecule has 0 spiro atoms. The first kappa shape index (κ1) is 19.2. The molecule has 0 aliphatic rings. The van der Waals surface area contributed by atoms with Crippen molar-refractivity contribution in [1.29, 1.82) is 0 Å². The third-order valence-electron chi connectivity index (χ3n) is 3.56. The van der Waals surface area contributed by atoms with Gasteiger partial charge in [0.1, 0.15) is 11.6 Å². The molecule has 3 aromatic rings. The van der Waals surface area contributed by atoms with Crippen LogP contribution in [0.2, 0.25) is 0 Å². The van der Waals surface area contributed by atoms with E-state index in [1.165, 1.54) is 17.4 Å². The largest absolute Gasteiger partial charge is 0.494 e. The number of thioether (sulfide) groups is 1. The van der Waals surface area contributed by atoms with Gasteiger partial charge in [-0.05, 0) is 31.5 Å². The number of nitrogens with two attached hydrogens (primary N) is 1. The Morgan fingerprint density at radius 3 is 2.89 bits per heavy atom. The van der Waals surface area contributed by atoms with Gasteiger partial charge in [-0.3, -0.25) is 9.59 Å². The summed E-state index contributed by atoms with van der Waals surface area (Å²) in [6.45, 7) is 4.39. The van der Waals surface area contributed by atoms with Gasteiger partial charge in [0, 0.05) is 6.07 Å². The number of hydrogen-bond acceptors (Lipinski definition) is 8. The van der Waals surface area contributed by atoms with Crippen molar-refractivity contribution in [3.05, 3.63) is 34.6 Å². The van der Waals surface area contributed by atoms with Crippen LogP contribution in [-0.4, -0.2) is 32.7 Å². The number of aromatic nitrogens is 3. The second-order valence-electron chi connectivity index (χ2n) is 5.56. The molecule has 1 atom stereocenters. The number of nitrogens with one attached hydrogen (secondary N) is 2. The topological polar surface area (TPSA) is 123 Å². The van der Waals surface area contributed by atoms with Gasteiger partial charge in [0.15, 0.2) is 10.3 Å². The zero-order chi connectivity index (χ0) is 19.4. The van der Waals surface area contributed by atoms with E-state index in [0.717, 1.165) is 27.7 Å². The first-order valence-corrected chi connectivity index (χ1v) is 10.1. The van der Waals surface area contributed by atoms with E-state index in [0.29, 0.717) is 23.3 Å². The molecule has 8 nitrogen and oxygen atoms in total. The molecule has 0 aliphatic heterocycles. The smallest absolute Gasteiger partial charge is 0.253 e. The Balaban J connectivity index is 1.74. The summed E-state index contributed by atoms with van der Waals surface area (Å²) in [5.41, 5.74) is 6.03. The molecule has 27 heavy (non-hydrogen) atoms. The van der Waals surface area contributed by atoms with Crippen molar-refractivity contribution in [2.24, 2.45) is 0 Å². The van der Waals surface area contributed by atoms with Crippen LogP contribution in [0.15, 0.2) is 34.2 Å². The van der Waals surface area contributed by atoms with Crippen molar-refractivity contribution < 1.29 is 9.53 Å². The maximum absolute atomic E-state index is 12.6. The van der Waals surface area contributed by atoms with E-state index in [1.54, 1.807) is 0 Å². The van der Waals surface area contributed by atoms with Gasteiger partial charge in [0.2, 0.25) is 5.91 Å². The fourth-order valence-electron chi connectivity index (χ4n) is 2.37. The number of benzene rings is 1. The monoisotopic (exact) mass is 405 g/mol. The summed E-state index contributed by atoms with van der Waals surface area (Å²) in [6, 6.07) is 6.81. The number of carbonyl (C=O) groups is 1. The second-order valence-corrected chi connectivity index (χ2v) is 7.78. The highest BCUT2D eigenvalue weighted by Crippen LogP contribution is 2.30. The molecule has 142 valence electrons. The van der Waals surface area contributed by atoms with Crippen molar-refractivity contribution in [1.82, 2.24) is 15.0 Å². The van der Waals surface area contributed by atoms with E-state index in [2.05, 4.69) is 20.3 Å². The molecule has 0 aliphatic carbocycles. The number of rotatable bonds is 7. The molecule has 2 heterocycles. The van der Waals surface area contributed by atoms with Crippen LogP contribution in [0.5, 0.6) is 5.75 Å². The normalized spacial score (nSPS) is 12.1. The molecule has 1 aromatic carbocycles. The summed E-state index contributed by atoms with van der Waals surface area (Å²) in [5, 5.41) is 3.22. The van der Waals surface area contributed by atoms with Crippen molar-refractivity contribution in [3.63, 3.8) is 0 Å². The fraction of sp³-hybridized carbons (Fsp3) is 0.294. The highest BCUT2D eigenvalue weighted by Gasteiger charge is 2.21. The van der Waals surface area contributed by atoms with Gasteiger partial charge >= 0.3 is 0 Å². The summed E-state index contributed by atoms with van der Waals surface area (Å²) < 4.78 is 6.42. The maximum Gasteiger partial charge on any atom is 0.253 e. The predicted octanol–water partition coefficient (Wildman–Crippen LogP) is 2.87. The SMILES string of the molecule is CCOc1ccc2nc(NC(=O)[C@@H](CC)Sc3nc(N)cc(=O)[nH]3)sc2c1. The number of amides is 1. The van der Waals surface area contributed by atoms with Crippen LogP contribution < -0.4 is 21.3 Å². The summed E-state index contributed by atoms with van der Waals surface area (Å²) >= 11 is 2.54. The third kappa shape index (κ3) is 4.77. The molecule has 0 fully saturated rings. The molecular weight excluding hydrogens is 386 g/mol. The molecule has 3 rings (SSSR count). The van der Waals surface area contributed by atoms with Gasteiger partial charge in [-0.25, -0.2) is 9.97 Å². The number of thiazole rings is 1. The summed E-state index contributed by atoms with van der Waals surface area (Å²) in [5.74, 6) is 0.676. The zero-order valence-corrected chi connectivity index (χ0v) is 16.4. The number of hydrogen-bond donors (Lipinski definition) is 3. The maximum atomic E-state index is 12.6. The van der Waals surface area contributed by atoms with Crippen molar-refractivity contribution in [2.45, 2.75) is 30.7 Å². The number of nitrogen functional groups attached to an aromatic ring is 1. The van der Waals surface area contributed by atoms with E-state index >= 15 is 0 Å². The van der Waals surface area contributed by atoms with Crippen LogP contribution in [0.1, 0.15) is 20.3 Å². The third-order valence-corrected chi connectivity index (χ3v) is 5.74. The first-order chi connectivity index (χ1) is 13.0. The molecule has 4 N–H and O–H groups in total. The Bertz CT molecular complexity index is 1020. The summed E-state index contributed by atoms with van der Waals surface area (Å²) in [4.78, 5) is 35.2. The molecule has 0 radical (unpaired) electrons. The Hall–Kier alpha value is -2.59. The average molecular weight is 406 g/mol. The van der Waals surface area contributed by atoms with Gasteiger partial charge in [-0.2, -0.15) is 0 Å². The lowest BCUT2D eigenvalue weighted by atomic mass is 10.3. The van der Waals surface area contributed by atoms with Crippen molar-refractivity contribution in [3.8, 4) is 5.75 Å². The fourth-order valence-corrected chi connectivity index (χ4v) is 4.18.